The molecule has 1 aliphatic heterocycles. The van der Waals surface area contributed by atoms with E-state index in [0.29, 0.717) is 19.1 Å². The molecule has 3 N–H and O–H groups in total. The number of nitrogens with two attached hydrogens (primary N) is 1. The first-order chi connectivity index (χ1) is 6.57. The summed E-state index contributed by atoms with van der Waals surface area (Å²) in [5.74, 6) is -0.361. The Bertz CT molecular complexity index is 213. The summed E-state index contributed by atoms with van der Waals surface area (Å²) in [4.78, 5) is 0. The minimum Gasteiger partial charge on any atom is -0.393 e. The van der Waals surface area contributed by atoms with E-state index < -0.39 is 11.9 Å². The van der Waals surface area contributed by atoms with Crippen LogP contribution in [0.25, 0.3) is 0 Å². The second-order valence-electron chi connectivity index (χ2n) is 4.53. The molecule has 0 radical (unpaired) electrons. The molecule has 82 valence electrons. The zero-order valence-corrected chi connectivity index (χ0v) is 8.77. The van der Waals surface area contributed by atoms with Gasteiger partial charge in [-0.05, 0) is 12.8 Å². The number of rotatable bonds is 1. The molecule has 0 aromatic rings. The van der Waals surface area contributed by atoms with Crippen LogP contribution in [0.15, 0.2) is 0 Å². The van der Waals surface area contributed by atoms with Gasteiger partial charge in [0.2, 0.25) is 0 Å². The Balaban J connectivity index is 2.23. The van der Waals surface area contributed by atoms with Gasteiger partial charge in [0, 0.05) is 12.5 Å². The Hall–Kier alpha value is -0.160. The normalized spacial score (nSPS) is 43.3. The van der Waals surface area contributed by atoms with Crippen molar-refractivity contribution in [3.63, 3.8) is 0 Å². The van der Waals surface area contributed by atoms with Crippen LogP contribution in [-0.2, 0) is 9.47 Å². The third-order valence-corrected chi connectivity index (χ3v) is 3.48. The summed E-state index contributed by atoms with van der Waals surface area (Å²) in [6.45, 7) is 5.07. The molecule has 0 aromatic carbocycles. The Morgan fingerprint density at radius 3 is 2.50 bits per heavy atom. The lowest BCUT2D eigenvalue weighted by atomic mass is 9.92. The fraction of sp³-hybridized carbons (Fsp3) is 1.00. The zero-order chi connectivity index (χ0) is 10.3. The highest BCUT2D eigenvalue weighted by molar-refractivity contribution is 5.02. The van der Waals surface area contributed by atoms with Crippen molar-refractivity contribution in [1.29, 1.82) is 0 Å². The van der Waals surface area contributed by atoms with Crippen molar-refractivity contribution < 1.29 is 14.6 Å². The number of aliphatic hydroxyl groups excluding tert-OH is 1. The number of aliphatic hydroxyl groups is 1. The van der Waals surface area contributed by atoms with Gasteiger partial charge < -0.3 is 20.3 Å². The summed E-state index contributed by atoms with van der Waals surface area (Å²) in [5, 5.41) is 9.73. The molecule has 0 aromatic heterocycles. The first kappa shape index (κ1) is 10.4. The third kappa shape index (κ3) is 1.37. The Labute approximate surface area is 84.4 Å². The van der Waals surface area contributed by atoms with Gasteiger partial charge in [-0.25, -0.2) is 0 Å². The van der Waals surface area contributed by atoms with Crippen molar-refractivity contribution in [3.8, 4) is 0 Å². The number of ether oxygens (including phenoxy) is 2. The highest BCUT2D eigenvalue weighted by Crippen LogP contribution is 2.46. The van der Waals surface area contributed by atoms with Crippen molar-refractivity contribution in [2.75, 3.05) is 13.2 Å². The smallest absolute Gasteiger partial charge is 0.175 e. The highest BCUT2D eigenvalue weighted by atomic mass is 16.7. The molecule has 0 amide bonds. The van der Waals surface area contributed by atoms with Gasteiger partial charge in [0.05, 0.1) is 25.2 Å². The van der Waals surface area contributed by atoms with Gasteiger partial charge in [-0.15, -0.1) is 0 Å². The maximum Gasteiger partial charge on any atom is 0.175 e. The molecule has 4 heteroatoms. The number of hydrogen-bond acceptors (Lipinski definition) is 4. The fourth-order valence-corrected chi connectivity index (χ4v) is 2.84. The molecule has 2 aliphatic rings. The monoisotopic (exact) mass is 201 g/mol. The third-order valence-electron chi connectivity index (χ3n) is 3.48. The molecular weight excluding hydrogens is 182 g/mol. The maximum absolute atomic E-state index is 9.73. The second-order valence-corrected chi connectivity index (χ2v) is 4.53. The van der Waals surface area contributed by atoms with E-state index in [1.54, 1.807) is 6.92 Å². The van der Waals surface area contributed by atoms with Crippen LogP contribution in [0, 0.1) is 11.8 Å². The molecule has 4 atom stereocenters. The average molecular weight is 201 g/mol. The van der Waals surface area contributed by atoms with Crippen molar-refractivity contribution in [1.82, 2.24) is 0 Å². The lowest BCUT2D eigenvalue weighted by Crippen LogP contribution is -2.47. The molecular formula is C10H19NO3. The van der Waals surface area contributed by atoms with Crippen LogP contribution >= 0.6 is 0 Å². The van der Waals surface area contributed by atoms with Crippen molar-refractivity contribution in [2.24, 2.45) is 17.6 Å². The molecule has 1 saturated carbocycles. The Morgan fingerprint density at radius 1 is 1.43 bits per heavy atom. The standard InChI is InChI=1S/C10H19NO3/c1-6-5-10(13-3-4-14-10)8(7(2)12)9(6)11/h6-9,12H,3-5,11H2,1-2H3/t6-,7+,8+,9+/m0/s1. The van der Waals surface area contributed by atoms with E-state index in [9.17, 15) is 5.11 Å². The molecule has 2 rings (SSSR count). The van der Waals surface area contributed by atoms with Crippen molar-refractivity contribution >= 4 is 0 Å². The molecule has 0 bridgehead atoms. The van der Waals surface area contributed by atoms with Gasteiger partial charge in [-0.1, -0.05) is 6.92 Å². The van der Waals surface area contributed by atoms with E-state index in [-0.39, 0.29) is 12.0 Å². The molecule has 4 nitrogen and oxygen atoms in total. The highest BCUT2D eigenvalue weighted by Gasteiger charge is 2.56. The van der Waals surface area contributed by atoms with Gasteiger partial charge in [-0.2, -0.15) is 0 Å². The van der Waals surface area contributed by atoms with E-state index in [0.717, 1.165) is 6.42 Å². The van der Waals surface area contributed by atoms with Crippen LogP contribution in [0.2, 0.25) is 0 Å². The SMILES string of the molecule is C[C@@H](O)[C@@H]1[C@H](N)[C@@H](C)CC12OCCO2. The van der Waals surface area contributed by atoms with Crippen LogP contribution in [-0.4, -0.2) is 36.3 Å². The van der Waals surface area contributed by atoms with E-state index in [2.05, 4.69) is 6.92 Å². The van der Waals surface area contributed by atoms with Crippen LogP contribution in [0.4, 0.5) is 0 Å². The van der Waals surface area contributed by atoms with Gasteiger partial charge in [-0.3, -0.25) is 0 Å². The lowest BCUT2D eigenvalue weighted by molar-refractivity contribution is -0.201. The quantitative estimate of drug-likeness (QED) is 0.631. The van der Waals surface area contributed by atoms with Crippen LogP contribution in [0.3, 0.4) is 0 Å². The van der Waals surface area contributed by atoms with E-state index >= 15 is 0 Å². The molecule has 0 unspecified atom stereocenters. The molecule has 1 saturated heterocycles. The van der Waals surface area contributed by atoms with Gasteiger partial charge in [0.1, 0.15) is 0 Å². The van der Waals surface area contributed by atoms with Crippen LogP contribution in [0.1, 0.15) is 20.3 Å². The summed E-state index contributed by atoms with van der Waals surface area (Å²) in [7, 11) is 0. The largest absolute Gasteiger partial charge is 0.393 e. The molecule has 14 heavy (non-hydrogen) atoms. The Kier molecular flexibility index (Phi) is 2.55. The first-order valence-corrected chi connectivity index (χ1v) is 5.28. The molecule has 2 fully saturated rings. The lowest BCUT2D eigenvalue weighted by Gasteiger charge is -2.32. The van der Waals surface area contributed by atoms with Crippen molar-refractivity contribution in [3.05, 3.63) is 0 Å². The molecule has 1 spiro atoms. The van der Waals surface area contributed by atoms with Gasteiger partial charge in [0.25, 0.3) is 0 Å². The van der Waals surface area contributed by atoms with Gasteiger partial charge >= 0.3 is 0 Å². The molecule has 1 heterocycles. The summed E-state index contributed by atoms with van der Waals surface area (Å²) in [6, 6.07) is -0.0342. The summed E-state index contributed by atoms with van der Waals surface area (Å²) in [5.41, 5.74) is 6.06. The summed E-state index contributed by atoms with van der Waals surface area (Å²) >= 11 is 0. The summed E-state index contributed by atoms with van der Waals surface area (Å²) in [6.07, 6.45) is 0.317. The minimum absolute atomic E-state index is 0.0342. The predicted octanol–water partition coefficient (Wildman–Crippen LogP) is 0.0936. The van der Waals surface area contributed by atoms with Gasteiger partial charge in [0.15, 0.2) is 5.79 Å². The molecule has 1 aliphatic carbocycles. The van der Waals surface area contributed by atoms with Crippen LogP contribution < -0.4 is 5.73 Å². The van der Waals surface area contributed by atoms with E-state index in [4.69, 9.17) is 15.2 Å². The minimum atomic E-state index is -0.604. The van der Waals surface area contributed by atoms with Crippen LogP contribution in [0.5, 0.6) is 0 Å². The topological polar surface area (TPSA) is 64.7 Å². The summed E-state index contributed by atoms with van der Waals surface area (Å²) < 4.78 is 11.3. The average Bonchev–Trinajstić information content (AvgIpc) is 2.61. The fourth-order valence-electron chi connectivity index (χ4n) is 2.84. The van der Waals surface area contributed by atoms with Crippen molar-refractivity contribution in [2.45, 2.75) is 38.2 Å². The maximum atomic E-state index is 9.73. The zero-order valence-electron chi connectivity index (χ0n) is 8.77. The number of hydrogen-bond donors (Lipinski definition) is 2. The van der Waals surface area contributed by atoms with E-state index in [1.165, 1.54) is 0 Å². The predicted molar refractivity (Wildman–Crippen MR) is 51.6 cm³/mol. The van der Waals surface area contributed by atoms with E-state index in [1.807, 2.05) is 0 Å². The second kappa shape index (κ2) is 3.45. The first-order valence-electron chi connectivity index (χ1n) is 5.28. The Morgan fingerprint density at radius 2 is 2.00 bits per heavy atom.